The maximum atomic E-state index is 4.44. The van der Waals surface area contributed by atoms with Crippen LogP contribution in [0.25, 0.3) is 32.6 Å². The third-order valence-corrected chi connectivity index (χ3v) is 3.31. The number of hydrogen-bond acceptors (Lipinski definition) is 2. The molecule has 1 aromatic heterocycles. The van der Waals surface area contributed by atoms with Crippen LogP contribution in [0.5, 0.6) is 0 Å². The molecule has 0 bridgehead atoms. The van der Waals surface area contributed by atoms with E-state index in [1.165, 1.54) is 10.8 Å². The molecule has 0 saturated carbocycles. The van der Waals surface area contributed by atoms with E-state index in [4.69, 9.17) is 0 Å². The van der Waals surface area contributed by atoms with Crippen LogP contribution < -0.4 is 0 Å². The molecular weight excluding hydrogens is 220 g/mol. The van der Waals surface area contributed by atoms with E-state index in [0.29, 0.717) is 0 Å². The molecule has 0 aliphatic heterocycles. The smallest absolute Gasteiger partial charge is 0.109 e. The molecule has 4 rings (SSSR count). The zero-order valence-corrected chi connectivity index (χ0v) is 9.59. The average molecular weight is 229 g/mol. The van der Waals surface area contributed by atoms with Crippen LogP contribution in [0.4, 0.5) is 0 Å². The lowest BCUT2D eigenvalue weighted by atomic mass is 10.00. The van der Waals surface area contributed by atoms with Crippen molar-refractivity contribution in [2.45, 2.75) is 0 Å². The number of rotatable bonds is 0. The predicted octanol–water partition coefficient (Wildman–Crippen LogP) is 3.74. The molecule has 0 fully saturated rings. The van der Waals surface area contributed by atoms with Crippen molar-refractivity contribution in [1.29, 1.82) is 0 Å². The zero-order valence-electron chi connectivity index (χ0n) is 9.59. The molecule has 0 unspecified atom stereocenters. The first-order valence-corrected chi connectivity index (χ1v) is 5.87. The summed E-state index contributed by atoms with van der Waals surface area (Å²) in [6.45, 7) is 0. The molecule has 3 aromatic carbocycles. The summed E-state index contributed by atoms with van der Waals surface area (Å²) in [6, 6.07) is 16.6. The first-order valence-electron chi connectivity index (χ1n) is 5.87. The molecule has 0 aliphatic carbocycles. The van der Waals surface area contributed by atoms with Crippen LogP contribution in [0.2, 0.25) is 0 Å². The summed E-state index contributed by atoms with van der Waals surface area (Å²) in [5, 5.41) is 4.72. The highest BCUT2D eigenvalue weighted by atomic mass is 14.8. The molecule has 4 aromatic rings. The monoisotopic (exact) mass is 229 g/mol. The summed E-state index contributed by atoms with van der Waals surface area (Å²) >= 11 is 0. The molecule has 83 valence electrons. The van der Waals surface area contributed by atoms with E-state index in [-0.39, 0.29) is 0 Å². The Balaban J connectivity index is 2.46. The van der Waals surface area contributed by atoms with Gasteiger partial charge in [-0.3, -0.25) is 4.98 Å². The summed E-state index contributed by atoms with van der Waals surface area (Å²) in [4.78, 5) is 8.81. The van der Waals surface area contributed by atoms with Crippen molar-refractivity contribution in [2.24, 2.45) is 0 Å². The molecule has 0 N–H and O–H groups in total. The van der Waals surface area contributed by atoms with E-state index in [0.717, 1.165) is 21.8 Å². The van der Waals surface area contributed by atoms with E-state index in [1.54, 1.807) is 6.20 Å². The van der Waals surface area contributed by atoms with Gasteiger partial charge in [0.1, 0.15) is 6.20 Å². The highest BCUT2D eigenvalue weighted by molar-refractivity contribution is 6.22. The van der Waals surface area contributed by atoms with Crippen LogP contribution in [0.3, 0.4) is 0 Å². The topological polar surface area (TPSA) is 25.8 Å². The lowest BCUT2D eigenvalue weighted by molar-refractivity contribution is 1.30. The molecule has 0 spiro atoms. The summed E-state index contributed by atoms with van der Waals surface area (Å²) in [5.74, 6) is 0. The fraction of sp³-hybridized carbons (Fsp3) is 0. The molecular formula is C16H9N2. The summed E-state index contributed by atoms with van der Waals surface area (Å²) in [5.41, 5.74) is 1.87. The Labute approximate surface area is 104 Å². The first-order chi connectivity index (χ1) is 8.95. The second kappa shape index (κ2) is 3.50. The number of fused-ring (bicyclic) bond motifs is 6. The van der Waals surface area contributed by atoms with E-state index in [9.17, 15) is 0 Å². The SMILES string of the molecule is [c]1cnc2c3ccccc3c3ccccc3c2n1. The molecule has 0 saturated heterocycles. The fourth-order valence-corrected chi connectivity index (χ4v) is 2.53. The second-order valence-electron chi connectivity index (χ2n) is 4.29. The molecule has 1 radical (unpaired) electrons. The van der Waals surface area contributed by atoms with Crippen LogP contribution >= 0.6 is 0 Å². The van der Waals surface area contributed by atoms with Crippen LogP contribution in [-0.2, 0) is 0 Å². The Hall–Kier alpha value is -2.48. The number of hydrogen-bond donors (Lipinski definition) is 0. The molecule has 0 atom stereocenters. The van der Waals surface area contributed by atoms with Crippen LogP contribution in [0, 0.1) is 6.20 Å². The van der Waals surface area contributed by atoms with Gasteiger partial charge in [-0.2, -0.15) is 0 Å². The van der Waals surface area contributed by atoms with Gasteiger partial charge in [0.15, 0.2) is 0 Å². The molecule has 2 heteroatoms. The second-order valence-corrected chi connectivity index (χ2v) is 4.29. The molecule has 0 aliphatic rings. The van der Waals surface area contributed by atoms with Crippen molar-refractivity contribution in [2.75, 3.05) is 0 Å². The average Bonchev–Trinajstić information content (AvgIpc) is 2.48. The maximum absolute atomic E-state index is 4.44. The van der Waals surface area contributed by atoms with E-state index in [1.807, 2.05) is 12.1 Å². The number of aromatic nitrogens is 2. The number of benzene rings is 3. The summed E-state index contributed by atoms with van der Waals surface area (Å²) in [6.07, 6.45) is 4.46. The first kappa shape index (κ1) is 9.54. The third-order valence-electron chi connectivity index (χ3n) is 3.31. The quantitative estimate of drug-likeness (QED) is 0.429. The van der Waals surface area contributed by atoms with Gasteiger partial charge in [0, 0.05) is 10.8 Å². The Morgan fingerprint density at radius 2 is 1.22 bits per heavy atom. The maximum Gasteiger partial charge on any atom is 0.109 e. The molecule has 2 nitrogen and oxygen atoms in total. The minimum atomic E-state index is 0.923. The van der Waals surface area contributed by atoms with E-state index >= 15 is 0 Å². The van der Waals surface area contributed by atoms with Crippen molar-refractivity contribution in [1.82, 2.24) is 9.97 Å². The van der Waals surface area contributed by atoms with Gasteiger partial charge in [0.25, 0.3) is 0 Å². The van der Waals surface area contributed by atoms with Gasteiger partial charge in [0.05, 0.1) is 17.2 Å². The van der Waals surface area contributed by atoms with Gasteiger partial charge in [-0.1, -0.05) is 48.5 Å². The Kier molecular flexibility index (Phi) is 1.86. The minimum Gasteiger partial charge on any atom is -0.252 e. The van der Waals surface area contributed by atoms with Crippen LogP contribution in [-0.4, -0.2) is 9.97 Å². The van der Waals surface area contributed by atoms with E-state index in [2.05, 4.69) is 52.6 Å². The molecule has 1 heterocycles. The Bertz CT molecular complexity index is 661. The third kappa shape index (κ3) is 1.17. The highest BCUT2D eigenvalue weighted by Crippen LogP contribution is 2.31. The van der Waals surface area contributed by atoms with Crippen LogP contribution in [0.15, 0.2) is 54.7 Å². The van der Waals surface area contributed by atoms with Gasteiger partial charge in [0.2, 0.25) is 0 Å². The van der Waals surface area contributed by atoms with Gasteiger partial charge in [-0.25, -0.2) is 4.98 Å². The van der Waals surface area contributed by atoms with Gasteiger partial charge in [-0.05, 0) is 10.8 Å². The summed E-state index contributed by atoms with van der Waals surface area (Å²) in [7, 11) is 0. The number of nitrogens with zero attached hydrogens (tertiary/aromatic N) is 2. The Morgan fingerprint density at radius 1 is 0.667 bits per heavy atom. The van der Waals surface area contributed by atoms with E-state index < -0.39 is 0 Å². The Morgan fingerprint density at radius 3 is 1.89 bits per heavy atom. The van der Waals surface area contributed by atoms with Gasteiger partial charge < -0.3 is 0 Å². The minimum absolute atomic E-state index is 0.923. The van der Waals surface area contributed by atoms with Crippen LogP contribution in [0.1, 0.15) is 0 Å². The molecule has 0 amide bonds. The van der Waals surface area contributed by atoms with Crippen molar-refractivity contribution in [3.05, 3.63) is 60.9 Å². The lowest BCUT2D eigenvalue weighted by Crippen LogP contribution is -1.87. The van der Waals surface area contributed by atoms with Gasteiger partial charge in [-0.15, -0.1) is 0 Å². The predicted molar refractivity (Wildman–Crippen MR) is 73.4 cm³/mol. The normalized spacial score (nSPS) is 11.3. The van der Waals surface area contributed by atoms with Crippen molar-refractivity contribution in [3.8, 4) is 0 Å². The standard InChI is InChI=1S/C16H9N2/c1-3-7-13-11(5-1)12-6-2-4-8-14(12)16-15(13)17-9-10-18-16/h1-9H. The highest BCUT2D eigenvalue weighted by Gasteiger charge is 2.08. The fourth-order valence-electron chi connectivity index (χ4n) is 2.53. The largest absolute Gasteiger partial charge is 0.252 e. The lowest BCUT2D eigenvalue weighted by Gasteiger charge is -2.07. The zero-order chi connectivity index (χ0) is 11.9. The van der Waals surface area contributed by atoms with Crippen molar-refractivity contribution in [3.63, 3.8) is 0 Å². The molecule has 18 heavy (non-hydrogen) atoms. The van der Waals surface area contributed by atoms with Gasteiger partial charge >= 0.3 is 0 Å². The van der Waals surface area contributed by atoms with Crippen molar-refractivity contribution >= 4 is 32.6 Å². The van der Waals surface area contributed by atoms with Crippen molar-refractivity contribution < 1.29 is 0 Å². The summed E-state index contributed by atoms with van der Waals surface area (Å²) < 4.78 is 0.